The third-order valence-corrected chi connectivity index (χ3v) is 4.67. The topological polar surface area (TPSA) is 70.7 Å². The van der Waals surface area contributed by atoms with Crippen molar-refractivity contribution in [3.8, 4) is 0 Å². The number of piperidine rings is 1. The summed E-state index contributed by atoms with van der Waals surface area (Å²) >= 11 is 12.0. The van der Waals surface area contributed by atoms with Crippen molar-refractivity contribution >= 4 is 40.9 Å². The van der Waals surface area contributed by atoms with Crippen LogP contribution in [0.25, 0.3) is 0 Å². The summed E-state index contributed by atoms with van der Waals surface area (Å²) in [5, 5.41) is 6.93. The van der Waals surface area contributed by atoms with E-state index < -0.39 is 11.7 Å². The summed E-state index contributed by atoms with van der Waals surface area (Å²) < 4.78 is 5.30. The highest BCUT2D eigenvalue weighted by Gasteiger charge is 2.30. The van der Waals surface area contributed by atoms with Crippen LogP contribution >= 0.6 is 23.2 Å². The van der Waals surface area contributed by atoms with E-state index in [9.17, 15) is 9.59 Å². The number of rotatable bonds is 4. The molecule has 2 N–H and O–H groups in total. The molecule has 1 fully saturated rings. The Hall–Kier alpha value is -1.66. The summed E-state index contributed by atoms with van der Waals surface area (Å²) in [6.45, 7) is 8.05. The summed E-state index contributed by atoms with van der Waals surface area (Å²) in [5.41, 5.74) is 0.137. The average Bonchev–Trinajstić information content (AvgIpc) is 2.51. The van der Waals surface area contributed by atoms with Crippen LogP contribution in [0.1, 0.15) is 40.5 Å². The van der Waals surface area contributed by atoms with E-state index >= 15 is 0 Å². The fraction of sp³-hybridized carbons (Fsp3) is 0.579. The van der Waals surface area contributed by atoms with Gasteiger partial charge in [0.25, 0.3) is 0 Å². The third-order valence-electron chi connectivity index (χ3n) is 4.23. The number of halogens is 2. The molecule has 1 heterocycles. The number of nitrogens with one attached hydrogen (secondary N) is 2. The first-order valence-corrected chi connectivity index (χ1v) is 9.78. The van der Waals surface area contributed by atoms with Crippen LogP contribution in [-0.4, -0.2) is 47.7 Å². The lowest BCUT2D eigenvalue weighted by Crippen LogP contribution is -2.54. The van der Waals surface area contributed by atoms with E-state index in [2.05, 4.69) is 10.6 Å². The quantitative estimate of drug-likeness (QED) is 0.768. The van der Waals surface area contributed by atoms with Gasteiger partial charge in [-0.25, -0.2) is 4.79 Å². The molecule has 8 heteroatoms. The predicted octanol–water partition coefficient (Wildman–Crippen LogP) is 4.31. The van der Waals surface area contributed by atoms with Crippen molar-refractivity contribution in [2.24, 2.45) is 0 Å². The number of nitrogens with zero attached hydrogens (tertiary/aromatic N) is 1. The number of anilines is 1. The number of ether oxygens (including phenoxy) is 1. The molecule has 1 aromatic carbocycles. The van der Waals surface area contributed by atoms with E-state index in [0.717, 1.165) is 12.8 Å². The molecular formula is C19H27Cl2N3O3. The highest BCUT2D eigenvalue weighted by Crippen LogP contribution is 2.23. The number of amides is 2. The van der Waals surface area contributed by atoms with Crippen LogP contribution in [0, 0.1) is 0 Å². The van der Waals surface area contributed by atoms with E-state index in [1.807, 2.05) is 27.7 Å². The van der Waals surface area contributed by atoms with Gasteiger partial charge in [-0.2, -0.15) is 0 Å². The van der Waals surface area contributed by atoms with Crippen molar-refractivity contribution in [3.63, 3.8) is 0 Å². The molecule has 0 bridgehead atoms. The van der Waals surface area contributed by atoms with Crippen LogP contribution in [-0.2, 0) is 9.53 Å². The Kier molecular flexibility index (Phi) is 7.23. The zero-order valence-corrected chi connectivity index (χ0v) is 17.7. The molecule has 1 saturated heterocycles. The normalized spacial score (nSPS) is 20.1. The van der Waals surface area contributed by atoms with Crippen LogP contribution in [0.3, 0.4) is 0 Å². The fourth-order valence-corrected chi connectivity index (χ4v) is 3.51. The highest BCUT2D eigenvalue weighted by atomic mass is 35.5. The van der Waals surface area contributed by atoms with E-state index in [1.54, 1.807) is 23.1 Å². The lowest BCUT2D eigenvalue weighted by molar-refractivity contribution is -0.133. The molecule has 6 nitrogen and oxygen atoms in total. The Morgan fingerprint density at radius 2 is 1.81 bits per heavy atom. The monoisotopic (exact) mass is 415 g/mol. The van der Waals surface area contributed by atoms with E-state index in [-0.39, 0.29) is 24.5 Å². The van der Waals surface area contributed by atoms with Gasteiger partial charge in [-0.15, -0.1) is 0 Å². The van der Waals surface area contributed by atoms with Gasteiger partial charge in [0.1, 0.15) is 5.60 Å². The molecule has 1 aromatic rings. The molecule has 27 heavy (non-hydrogen) atoms. The molecule has 0 aromatic heterocycles. The van der Waals surface area contributed by atoms with Crippen LogP contribution in [0.2, 0.25) is 10.0 Å². The maximum atomic E-state index is 12.7. The van der Waals surface area contributed by atoms with Crippen molar-refractivity contribution in [2.75, 3.05) is 18.4 Å². The molecule has 2 rings (SSSR count). The Morgan fingerprint density at radius 1 is 1.19 bits per heavy atom. The van der Waals surface area contributed by atoms with Crippen LogP contribution in [0.15, 0.2) is 18.2 Å². The second-order valence-electron chi connectivity index (χ2n) is 7.83. The molecule has 2 amide bonds. The van der Waals surface area contributed by atoms with Crippen molar-refractivity contribution in [1.82, 2.24) is 10.2 Å². The van der Waals surface area contributed by atoms with Crippen molar-refractivity contribution < 1.29 is 14.3 Å². The minimum absolute atomic E-state index is 0.0470. The Bertz CT molecular complexity index is 671. The summed E-state index contributed by atoms with van der Waals surface area (Å²) in [4.78, 5) is 26.4. The van der Waals surface area contributed by atoms with Crippen molar-refractivity contribution in [2.45, 2.75) is 58.2 Å². The number of hydrogen-bond donors (Lipinski definition) is 2. The van der Waals surface area contributed by atoms with Crippen molar-refractivity contribution in [1.29, 1.82) is 0 Å². The minimum atomic E-state index is -0.552. The summed E-state index contributed by atoms with van der Waals surface area (Å²) in [6.07, 6.45) is 1.16. The van der Waals surface area contributed by atoms with Gasteiger partial charge in [0, 0.05) is 34.4 Å². The van der Waals surface area contributed by atoms with Gasteiger partial charge < -0.3 is 20.3 Å². The maximum absolute atomic E-state index is 12.7. The average molecular weight is 416 g/mol. The molecule has 2 atom stereocenters. The van der Waals surface area contributed by atoms with Crippen LogP contribution < -0.4 is 10.6 Å². The minimum Gasteiger partial charge on any atom is -0.444 e. The third kappa shape index (κ3) is 7.11. The van der Waals surface area contributed by atoms with Gasteiger partial charge in [-0.1, -0.05) is 23.2 Å². The number of benzene rings is 1. The van der Waals surface area contributed by atoms with E-state index in [0.29, 0.717) is 22.3 Å². The first kappa shape index (κ1) is 21.6. The Labute approximate surface area is 170 Å². The lowest BCUT2D eigenvalue weighted by Gasteiger charge is -2.38. The standard InChI is InChI=1S/C19H27Cl2N3O3/c1-12-5-6-15(23-18(26)27-19(2,3)4)11-24(12)17(25)10-22-16-8-13(20)7-14(21)9-16/h7-9,12,15,22H,5-6,10-11H2,1-4H3,(H,23,26). The largest absolute Gasteiger partial charge is 0.444 e. The second-order valence-corrected chi connectivity index (χ2v) is 8.70. The first-order chi connectivity index (χ1) is 12.5. The van der Waals surface area contributed by atoms with Crippen molar-refractivity contribution in [3.05, 3.63) is 28.2 Å². The smallest absolute Gasteiger partial charge is 0.407 e. The number of likely N-dealkylation sites (tertiary alicyclic amines) is 1. The molecule has 150 valence electrons. The van der Waals surface area contributed by atoms with Gasteiger partial charge in [0.15, 0.2) is 0 Å². The van der Waals surface area contributed by atoms with E-state index in [4.69, 9.17) is 27.9 Å². The number of alkyl carbamates (subject to hydrolysis) is 1. The van der Waals surface area contributed by atoms with Crippen LogP contribution in [0.4, 0.5) is 10.5 Å². The Balaban J connectivity index is 1.91. The Morgan fingerprint density at radius 3 is 2.41 bits per heavy atom. The SMILES string of the molecule is CC1CCC(NC(=O)OC(C)(C)C)CN1C(=O)CNc1cc(Cl)cc(Cl)c1. The zero-order chi connectivity index (χ0) is 20.2. The molecule has 0 aliphatic carbocycles. The summed E-state index contributed by atoms with van der Waals surface area (Å²) in [5.74, 6) is -0.0470. The summed E-state index contributed by atoms with van der Waals surface area (Å²) in [7, 11) is 0. The molecule has 1 aliphatic rings. The van der Waals surface area contributed by atoms with Gasteiger partial charge in [-0.3, -0.25) is 4.79 Å². The number of carbonyl (C=O) groups excluding carboxylic acids is 2. The lowest BCUT2D eigenvalue weighted by atomic mass is 9.99. The fourth-order valence-electron chi connectivity index (χ4n) is 2.98. The van der Waals surface area contributed by atoms with Gasteiger partial charge in [-0.05, 0) is 58.7 Å². The molecule has 0 radical (unpaired) electrons. The molecule has 2 unspecified atom stereocenters. The van der Waals surface area contributed by atoms with Gasteiger partial charge in [0.05, 0.1) is 6.54 Å². The second kappa shape index (κ2) is 9.02. The molecule has 1 aliphatic heterocycles. The first-order valence-electron chi connectivity index (χ1n) is 9.02. The molecular weight excluding hydrogens is 389 g/mol. The maximum Gasteiger partial charge on any atom is 0.407 e. The number of carbonyl (C=O) groups is 2. The highest BCUT2D eigenvalue weighted by molar-refractivity contribution is 6.35. The van der Waals surface area contributed by atoms with Gasteiger partial charge >= 0.3 is 6.09 Å². The predicted molar refractivity (Wildman–Crippen MR) is 109 cm³/mol. The number of hydrogen-bond acceptors (Lipinski definition) is 4. The van der Waals surface area contributed by atoms with E-state index in [1.165, 1.54) is 0 Å². The molecule has 0 spiro atoms. The van der Waals surface area contributed by atoms with Gasteiger partial charge in [0.2, 0.25) is 5.91 Å². The summed E-state index contributed by atoms with van der Waals surface area (Å²) in [6, 6.07) is 5.05. The molecule has 0 saturated carbocycles. The zero-order valence-electron chi connectivity index (χ0n) is 16.1. The van der Waals surface area contributed by atoms with Crippen LogP contribution in [0.5, 0.6) is 0 Å².